The maximum atomic E-state index is 12.4. The van der Waals surface area contributed by atoms with Crippen LogP contribution in [0, 0.1) is 0 Å². The van der Waals surface area contributed by atoms with Gasteiger partial charge in [-0.25, -0.2) is 8.42 Å². The van der Waals surface area contributed by atoms with E-state index >= 15 is 0 Å². The molecule has 1 unspecified atom stereocenters. The molecule has 0 spiro atoms. The van der Waals surface area contributed by atoms with Crippen LogP contribution in [0.2, 0.25) is 0 Å². The average Bonchev–Trinajstić information content (AvgIpc) is 2.47. The number of hydrogen-bond acceptors (Lipinski definition) is 3. The van der Waals surface area contributed by atoms with Gasteiger partial charge >= 0.3 is 0 Å². The van der Waals surface area contributed by atoms with Gasteiger partial charge in [0.25, 0.3) is 0 Å². The number of piperidine rings is 1. The molecule has 19 heavy (non-hydrogen) atoms. The molecule has 1 aliphatic heterocycles. The molecule has 0 saturated carbocycles. The standard InChI is InChI=1S/C14H22N2O2S/c1-12(15-2)13-6-8-14(9-7-13)19(17,18)16-10-4-3-5-11-16/h6-9,12,15H,3-5,10-11H2,1-2H3. The molecule has 1 heterocycles. The van der Waals surface area contributed by atoms with Gasteiger partial charge < -0.3 is 5.32 Å². The van der Waals surface area contributed by atoms with Gasteiger partial charge in [0.1, 0.15) is 0 Å². The number of nitrogens with zero attached hydrogens (tertiary/aromatic N) is 1. The summed E-state index contributed by atoms with van der Waals surface area (Å²) in [5, 5.41) is 3.14. The Morgan fingerprint density at radius 2 is 1.68 bits per heavy atom. The molecule has 0 aromatic heterocycles. The van der Waals surface area contributed by atoms with Crippen LogP contribution in [0.5, 0.6) is 0 Å². The van der Waals surface area contributed by atoms with Crippen LogP contribution >= 0.6 is 0 Å². The molecule has 0 radical (unpaired) electrons. The van der Waals surface area contributed by atoms with Gasteiger partial charge in [-0.15, -0.1) is 0 Å². The zero-order valence-corrected chi connectivity index (χ0v) is 12.4. The summed E-state index contributed by atoms with van der Waals surface area (Å²) < 4.78 is 26.5. The lowest BCUT2D eigenvalue weighted by atomic mass is 10.1. The van der Waals surface area contributed by atoms with Crippen LogP contribution in [0.4, 0.5) is 0 Å². The molecule has 1 aliphatic rings. The summed E-state index contributed by atoms with van der Waals surface area (Å²) in [6.07, 6.45) is 3.06. The first kappa shape index (κ1) is 14.5. The van der Waals surface area contributed by atoms with E-state index in [9.17, 15) is 8.42 Å². The van der Waals surface area contributed by atoms with Crippen molar-refractivity contribution in [3.05, 3.63) is 29.8 Å². The predicted molar refractivity (Wildman–Crippen MR) is 76.5 cm³/mol. The van der Waals surface area contributed by atoms with Crippen LogP contribution in [0.25, 0.3) is 0 Å². The maximum absolute atomic E-state index is 12.4. The molecule has 0 amide bonds. The van der Waals surface area contributed by atoms with Gasteiger partial charge in [-0.05, 0) is 44.5 Å². The summed E-state index contributed by atoms with van der Waals surface area (Å²) in [7, 11) is -1.41. The Bertz CT molecular complexity index is 505. The van der Waals surface area contributed by atoms with Crippen LogP contribution < -0.4 is 5.32 Å². The van der Waals surface area contributed by atoms with E-state index in [4.69, 9.17) is 0 Å². The van der Waals surface area contributed by atoms with Gasteiger partial charge in [0, 0.05) is 19.1 Å². The molecule has 2 rings (SSSR count). The number of sulfonamides is 1. The molecule has 4 nitrogen and oxygen atoms in total. The highest BCUT2D eigenvalue weighted by atomic mass is 32.2. The predicted octanol–water partition coefficient (Wildman–Crippen LogP) is 2.14. The smallest absolute Gasteiger partial charge is 0.243 e. The normalized spacial score (nSPS) is 19.3. The summed E-state index contributed by atoms with van der Waals surface area (Å²) in [5.41, 5.74) is 1.10. The topological polar surface area (TPSA) is 49.4 Å². The molecule has 1 atom stereocenters. The first-order valence-electron chi connectivity index (χ1n) is 6.83. The zero-order chi connectivity index (χ0) is 13.9. The molecule has 1 saturated heterocycles. The first-order valence-corrected chi connectivity index (χ1v) is 8.27. The lowest BCUT2D eigenvalue weighted by molar-refractivity contribution is 0.346. The fraction of sp³-hybridized carbons (Fsp3) is 0.571. The second-order valence-corrected chi connectivity index (χ2v) is 6.98. The van der Waals surface area contributed by atoms with Crippen molar-refractivity contribution in [2.75, 3.05) is 20.1 Å². The minimum absolute atomic E-state index is 0.228. The molecule has 1 N–H and O–H groups in total. The van der Waals surface area contributed by atoms with E-state index < -0.39 is 10.0 Å². The zero-order valence-electron chi connectivity index (χ0n) is 11.6. The second kappa shape index (κ2) is 6.03. The highest BCUT2D eigenvalue weighted by Crippen LogP contribution is 2.22. The summed E-state index contributed by atoms with van der Waals surface area (Å²) >= 11 is 0. The molecule has 0 aliphatic carbocycles. The maximum Gasteiger partial charge on any atom is 0.243 e. The number of rotatable bonds is 4. The highest BCUT2D eigenvalue weighted by molar-refractivity contribution is 7.89. The van der Waals surface area contributed by atoms with E-state index in [1.807, 2.05) is 26.1 Å². The van der Waals surface area contributed by atoms with Gasteiger partial charge in [-0.2, -0.15) is 4.31 Å². The molecule has 1 aromatic carbocycles. The Labute approximate surface area is 115 Å². The van der Waals surface area contributed by atoms with Crippen molar-refractivity contribution in [1.82, 2.24) is 9.62 Å². The average molecular weight is 282 g/mol. The van der Waals surface area contributed by atoms with Crippen molar-refractivity contribution in [2.24, 2.45) is 0 Å². The van der Waals surface area contributed by atoms with Gasteiger partial charge in [-0.3, -0.25) is 0 Å². The molecule has 0 bridgehead atoms. The van der Waals surface area contributed by atoms with Crippen molar-refractivity contribution < 1.29 is 8.42 Å². The largest absolute Gasteiger partial charge is 0.313 e. The fourth-order valence-corrected chi connectivity index (χ4v) is 3.87. The van der Waals surface area contributed by atoms with Crippen molar-refractivity contribution in [3.63, 3.8) is 0 Å². The van der Waals surface area contributed by atoms with Crippen LogP contribution in [-0.2, 0) is 10.0 Å². The van der Waals surface area contributed by atoms with Crippen molar-refractivity contribution in [2.45, 2.75) is 37.1 Å². The number of hydrogen-bond donors (Lipinski definition) is 1. The number of nitrogens with one attached hydrogen (secondary N) is 1. The Hall–Kier alpha value is -0.910. The van der Waals surface area contributed by atoms with E-state index in [0.29, 0.717) is 18.0 Å². The Kier molecular flexibility index (Phi) is 4.60. The molecule has 1 fully saturated rings. The van der Waals surface area contributed by atoms with Crippen molar-refractivity contribution in [3.8, 4) is 0 Å². The molecule has 106 valence electrons. The van der Waals surface area contributed by atoms with Crippen LogP contribution in [0.3, 0.4) is 0 Å². The first-order chi connectivity index (χ1) is 9.05. The molecule has 1 aromatic rings. The third-order valence-corrected chi connectivity index (χ3v) is 5.68. The third-order valence-electron chi connectivity index (χ3n) is 3.77. The van der Waals surface area contributed by atoms with Gasteiger partial charge in [0.05, 0.1) is 4.90 Å². The minimum atomic E-state index is -3.30. The van der Waals surface area contributed by atoms with E-state index in [2.05, 4.69) is 5.32 Å². The second-order valence-electron chi connectivity index (χ2n) is 5.04. The van der Waals surface area contributed by atoms with Gasteiger partial charge in [0.15, 0.2) is 0 Å². The Morgan fingerprint density at radius 3 is 2.21 bits per heavy atom. The Balaban J connectivity index is 2.21. The van der Waals surface area contributed by atoms with Gasteiger partial charge in [-0.1, -0.05) is 18.6 Å². The van der Waals surface area contributed by atoms with Crippen molar-refractivity contribution >= 4 is 10.0 Å². The summed E-state index contributed by atoms with van der Waals surface area (Å²) in [6.45, 7) is 3.35. The van der Waals surface area contributed by atoms with E-state index in [-0.39, 0.29) is 6.04 Å². The van der Waals surface area contributed by atoms with E-state index in [1.165, 1.54) is 0 Å². The third kappa shape index (κ3) is 3.16. The SMILES string of the molecule is CNC(C)c1ccc(S(=O)(=O)N2CCCCC2)cc1. The van der Waals surface area contributed by atoms with Crippen LogP contribution in [-0.4, -0.2) is 32.9 Å². The van der Waals surface area contributed by atoms with Crippen molar-refractivity contribution in [1.29, 1.82) is 0 Å². The summed E-state index contributed by atoms with van der Waals surface area (Å²) in [4.78, 5) is 0.404. The molecular formula is C14H22N2O2S. The van der Waals surface area contributed by atoms with E-state index in [0.717, 1.165) is 24.8 Å². The molecule has 5 heteroatoms. The van der Waals surface area contributed by atoms with Gasteiger partial charge in [0.2, 0.25) is 10.0 Å². The van der Waals surface area contributed by atoms with E-state index in [1.54, 1.807) is 16.4 Å². The monoisotopic (exact) mass is 282 g/mol. The van der Waals surface area contributed by atoms with Crippen LogP contribution in [0.15, 0.2) is 29.2 Å². The number of benzene rings is 1. The lowest BCUT2D eigenvalue weighted by Crippen LogP contribution is -2.35. The Morgan fingerprint density at radius 1 is 1.11 bits per heavy atom. The lowest BCUT2D eigenvalue weighted by Gasteiger charge is -2.26. The molecular weight excluding hydrogens is 260 g/mol. The van der Waals surface area contributed by atoms with Crippen LogP contribution in [0.1, 0.15) is 37.8 Å². The minimum Gasteiger partial charge on any atom is -0.313 e. The summed E-state index contributed by atoms with van der Waals surface area (Å²) in [5.74, 6) is 0. The fourth-order valence-electron chi connectivity index (χ4n) is 2.35. The summed E-state index contributed by atoms with van der Waals surface area (Å²) in [6, 6.07) is 7.43. The quantitative estimate of drug-likeness (QED) is 0.920. The highest BCUT2D eigenvalue weighted by Gasteiger charge is 2.25.